The van der Waals surface area contributed by atoms with Gasteiger partial charge in [0.15, 0.2) is 11.7 Å². The molecule has 8 heteroatoms. The van der Waals surface area contributed by atoms with Crippen LogP contribution in [0.2, 0.25) is 0 Å². The van der Waals surface area contributed by atoms with E-state index in [1.165, 1.54) is 7.11 Å². The number of rotatable bonds is 11. The molecule has 2 amide bonds. The van der Waals surface area contributed by atoms with Gasteiger partial charge in [-0.3, -0.25) is 4.79 Å². The van der Waals surface area contributed by atoms with E-state index in [0.717, 1.165) is 30.5 Å². The largest absolute Gasteiger partial charge is 0.490 e. The number of nitrogens with one attached hydrogen (secondary N) is 2. The van der Waals surface area contributed by atoms with Crippen LogP contribution in [0.15, 0.2) is 66.4 Å². The molecule has 3 atom stereocenters. The minimum absolute atomic E-state index is 0.0497. The van der Waals surface area contributed by atoms with Crippen LogP contribution in [-0.2, 0) is 25.7 Å². The Bertz CT molecular complexity index is 1020. The Labute approximate surface area is 212 Å². The SMILES string of the molecule is COC(=C=O)CCN1CCC(NC(=O)CC(NC(=O)OCc2ccccc2)c2ccccc2)CC1C. The van der Waals surface area contributed by atoms with Gasteiger partial charge < -0.3 is 25.0 Å². The van der Waals surface area contributed by atoms with Crippen molar-refractivity contribution in [2.24, 2.45) is 0 Å². The minimum Gasteiger partial charge on any atom is -0.490 e. The number of nitrogens with zero attached hydrogens (tertiary/aromatic N) is 1. The predicted molar refractivity (Wildman–Crippen MR) is 137 cm³/mol. The van der Waals surface area contributed by atoms with Crippen molar-refractivity contribution < 1.29 is 23.9 Å². The van der Waals surface area contributed by atoms with E-state index < -0.39 is 12.1 Å². The highest BCUT2D eigenvalue weighted by Crippen LogP contribution is 2.21. The van der Waals surface area contributed by atoms with E-state index in [9.17, 15) is 14.4 Å². The normalized spacial score (nSPS) is 18.4. The molecular weight excluding hydrogens is 458 g/mol. The van der Waals surface area contributed by atoms with Crippen molar-refractivity contribution in [3.8, 4) is 0 Å². The molecule has 36 heavy (non-hydrogen) atoms. The zero-order valence-electron chi connectivity index (χ0n) is 20.9. The molecule has 0 bridgehead atoms. The second-order valence-electron chi connectivity index (χ2n) is 9.03. The first-order valence-electron chi connectivity index (χ1n) is 12.3. The molecule has 0 aromatic heterocycles. The smallest absolute Gasteiger partial charge is 0.407 e. The lowest BCUT2D eigenvalue weighted by Crippen LogP contribution is -2.49. The Kier molecular flexibility index (Phi) is 10.5. The lowest BCUT2D eigenvalue weighted by Gasteiger charge is -2.38. The van der Waals surface area contributed by atoms with Crippen molar-refractivity contribution in [1.29, 1.82) is 0 Å². The van der Waals surface area contributed by atoms with Crippen LogP contribution in [0.1, 0.15) is 49.8 Å². The highest BCUT2D eigenvalue weighted by molar-refractivity contribution is 5.78. The summed E-state index contributed by atoms with van der Waals surface area (Å²) in [7, 11) is 1.48. The number of hydrogen-bond acceptors (Lipinski definition) is 6. The molecule has 1 aliphatic heterocycles. The second-order valence-corrected chi connectivity index (χ2v) is 9.03. The van der Waals surface area contributed by atoms with E-state index in [4.69, 9.17) is 9.47 Å². The number of piperidine rings is 1. The van der Waals surface area contributed by atoms with Gasteiger partial charge in [-0.25, -0.2) is 9.59 Å². The average molecular weight is 494 g/mol. The standard InChI is InChI=1S/C28H35N3O5/c1-21-17-24(13-15-31(21)16-14-25(19-32)35-2)29-27(33)18-26(23-11-7-4-8-12-23)30-28(34)36-20-22-9-5-3-6-10-22/h3-12,21,24,26H,13-18,20H2,1-2H3,(H,29,33)(H,30,34). The van der Waals surface area contributed by atoms with E-state index >= 15 is 0 Å². The Balaban J connectivity index is 1.51. The molecular formula is C28H35N3O5. The van der Waals surface area contributed by atoms with Gasteiger partial charge in [-0.1, -0.05) is 60.7 Å². The molecule has 3 rings (SSSR count). The zero-order valence-corrected chi connectivity index (χ0v) is 20.9. The summed E-state index contributed by atoms with van der Waals surface area (Å²) in [5.74, 6) is 2.02. The summed E-state index contributed by atoms with van der Waals surface area (Å²) in [5.41, 5.74) is 1.73. The molecule has 1 fully saturated rings. The summed E-state index contributed by atoms with van der Waals surface area (Å²) in [5, 5.41) is 5.99. The fourth-order valence-electron chi connectivity index (χ4n) is 4.44. The fourth-order valence-corrected chi connectivity index (χ4v) is 4.44. The minimum atomic E-state index is -0.567. The number of ether oxygens (including phenoxy) is 2. The quantitative estimate of drug-likeness (QED) is 0.365. The third-order valence-electron chi connectivity index (χ3n) is 6.46. The lowest BCUT2D eigenvalue weighted by atomic mass is 9.97. The molecule has 2 aromatic rings. The van der Waals surface area contributed by atoms with Crippen LogP contribution in [0.25, 0.3) is 0 Å². The number of carbonyl (C=O) groups is 2. The van der Waals surface area contributed by atoms with Crippen LogP contribution in [0.4, 0.5) is 4.79 Å². The zero-order chi connectivity index (χ0) is 25.8. The predicted octanol–water partition coefficient (Wildman–Crippen LogP) is 3.77. The third kappa shape index (κ3) is 8.56. The van der Waals surface area contributed by atoms with Gasteiger partial charge in [0, 0.05) is 31.6 Å². The number of carbonyl (C=O) groups excluding carboxylic acids is 3. The molecule has 0 saturated carbocycles. The number of methoxy groups -OCH3 is 1. The van der Waals surface area contributed by atoms with Crippen LogP contribution in [0, 0.1) is 0 Å². The van der Waals surface area contributed by atoms with E-state index in [1.807, 2.05) is 66.6 Å². The highest BCUT2D eigenvalue weighted by Gasteiger charge is 2.27. The molecule has 3 unspecified atom stereocenters. The first-order chi connectivity index (χ1) is 17.5. The van der Waals surface area contributed by atoms with Crippen LogP contribution in [-0.4, -0.2) is 55.1 Å². The molecule has 0 aliphatic carbocycles. The Hall–Kier alpha value is -3.61. The van der Waals surface area contributed by atoms with Gasteiger partial charge in [0.05, 0.1) is 19.6 Å². The van der Waals surface area contributed by atoms with Gasteiger partial charge in [-0.05, 0) is 30.9 Å². The number of hydrogen-bond donors (Lipinski definition) is 2. The molecule has 1 aliphatic rings. The summed E-state index contributed by atoms with van der Waals surface area (Å²) in [6.07, 6.45) is 1.68. The number of alkyl carbamates (subject to hydrolysis) is 1. The molecule has 1 heterocycles. The van der Waals surface area contributed by atoms with E-state index in [-0.39, 0.29) is 31.0 Å². The molecule has 1 saturated heterocycles. The Morgan fingerprint density at radius 3 is 2.44 bits per heavy atom. The third-order valence-corrected chi connectivity index (χ3v) is 6.46. The summed E-state index contributed by atoms with van der Waals surface area (Å²) in [6, 6.07) is 18.7. The van der Waals surface area contributed by atoms with Crippen molar-refractivity contribution >= 4 is 17.9 Å². The maximum atomic E-state index is 13.0. The highest BCUT2D eigenvalue weighted by atomic mass is 16.5. The van der Waals surface area contributed by atoms with Gasteiger partial charge in [0.2, 0.25) is 5.91 Å². The van der Waals surface area contributed by atoms with Crippen LogP contribution >= 0.6 is 0 Å². The van der Waals surface area contributed by atoms with Gasteiger partial charge in [-0.2, -0.15) is 0 Å². The van der Waals surface area contributed by atoms with Crippen molar-refractivity contribution in [1.82, 2.24) is 15.5 Å². The number of likely N-dealkylation sites (tertiary alicyclic amines) is 1. The van der Waals surface area contributed by atoms with Crippen LogP contribution < -0.4 is 10.6 Å². The number of benzene rings is 2. The van der Waals surface area contributed by atoms with Gasteiger partial charge in [0.1, 0.15) is 6.61 Å². The lowest BCUT2D eigenvalue weighted by molar-refractivity contribution is -0.122. The molecule has 8 nitrogen and oxygen atoms in total. The van der Waals surface area contributed by atoms with Crippen LogP contribution in [0.5, 0.6) is 0 Å². The summed E-state index contributed by atoms with van der Waals surface area (Å²) in [4.78, 5) is 38.6. The molecule has 0 radical (unpaired) electrons. The van der Waals surface area contributed by atoms with Crippen LogP contribution in [0.3, 0.4) is 0 Å². The van der Waals surface area contributed by atoms with E-state index in [0.29, 0.717) is 18.7 Å². The molecule has 2 aromatic carbocycles. The average Bonchev–Trinajstić information content (AvgIpc) is 2.90. The number of amides is 2. The van der Waals surface area contributed by atoms with Crippen molar-refractivity contribution in [3.63, 3.8) is 0 Å². The summed E-state index contributed by atoms with van der Waals surface area (Å²) < 4.78 is 10.4. The maximum absolute atomic E-state index is 13.0. The van der Waals surface area contributed by atoms with E-state index in [2.05, 4.69) is 22.5 Å². The fraction of sp³-hybridized carbons (Fsp3) is 0.429. The van der Waals surface area contributed by atoms with Crippen molar-refractivity contribution in [2.45, 2.75) is 57.3 Å². The molecule has 2 N–H and O–H groups in total. The van der Waals surface area contributed by atoms with Gasteiger partial charge in [0.25, 0.3) is 0 Å². The summed E-state index contributed by atoms with van der Waals surface area (Å²) >= 11 is 0. The maximum Gasteiger partial charge on any atom is 0.407 e. The second kappa shape index (κ2) is 14.1. The first-order valence-corrected chi connectivity index (χ1v) is 12.3. The van der Waals surface area contributed by atoms with Gasteiger partial charge >= 0.3 is 6.09 Å². The van der Waals surface area contributed by atoms with Gasteiger partial charge in [-0.15, -0.1) is 0 Å². The Morgan fingerprint density at radius 2 is 1.81 bits per heavy atom. The molecule has 0 spiro atoms. The van der Waals surface area contributed by atoms with Crippen molar-refractivity contribution in [3.05, 3.63) is 77.5 Å². The topological polar surface area (TPSA) is 97.0 Å². The summed E-state index contributed by atoms with van der Waals surface area (Å²) in [6.45, 7) is 3.80. The monoisotopic (exact) mass is 493 g/mol. The Morgan fingerprint density at radius 1 is 1.11 bits per heavy atom. The molecule has 192 valence electrons. The van der Waals surface area contributed by atoms with E-state index in [1.54, 1.807) is 0 Å². The van der Waals surface area contributed by atoms with Crippen molar-refractivity contribution in [2.75, 3.05) is 20.2 Å². The first kappa shape index (κ1) is 27.0.